The van der Waals surface area contributed by atoms with Crippen LogP contribution in [0.5, 0.6) is 0 Å². The van der Waals surface area contributed by atoms with E-state index in [0.29, 0.717) is 0 Å². The first-order chi connectivity index (χ1) is 5.79. The highest BCUT2D eigenvalue weighted by molar-refractivity contribution is 5.75. The third kappa shape index (κ3) is 3.60. The normalized spacial score (nSPS) is 18.0. The zero-order valence-electron chi connectivity index (χ0n) is 7.63. The van der Waals surface area contributed by atoms with E-state index in [1.54, 1.807) is 0 Å². The average molecular weight is 169 g/mol. The van der Waals surface area contributed by atoms with Gasteiger partial charge in [0.1, 0.15) is 0 Å². The molecule has 0 aliphatic heterocycles. The van der Waals surface area contributed by atoms with Gasteiger partial charge in [0.05, 0.1) is 0 Å². The van der Waals surface area contributed by atoms with Crippen molar-refractivity contribution in [2.24, 2.45) is 22.4 Å². The van der Waals surface area contributed by atoms with E-state index in [1.807, 2.05) is 0 Å². The molecule has 4 N–H and O–H groups in total. The summed E-state index contributed by atoms with van der Waals surface area (Å²) in [5.74, 6) is 1.18. The molecule has 0 unspecified atom stereocenters. The van der Waals surface area contributed by atoms with Gasteiger partial charge in [-0.1, -0.05) is 25.7 Å². The molecule has 1 aliphatic carbocycles. The molecule has 1 aliphatic rings. The van der Waals surface area contributed by atoms with E-state index in [-0.39, 0.29) is 5.96 Å². The van der Waals surface area contributed by atoms with E-state index in [0.717, 1.165) is 18.9 Å². The maximum atomic E-state index is 5.21. The van der Waals surface area contributed by atoms with Gasteiger partial charge in [0, 0.05) is 6.54 Å². The Hall–Kier alpha value is -0.730. The molecule has 1 rings (SSSR count). The number of hydrogen-bond donors (Lipinski definition) is 2. The smallest absolute Gasteiger partial charge is 0.185 e. The Morgan fingerprint density at radius 3 is 2.50 bits per heavy atom. The molecule has 0 aromatic carbocycles. The molecule has 0 atom stereocenters. The van der Waals surface area contributed by atoms with Crippen molar-refractivity contribution in [1.82, 2.24) is 0 Å². The minimum absolute atomic E-state index is 0.224. The third-order valence-electron chi connectivity index (χ3n) is 2.54. The molecule has 0 spiro atoms. The predicted octanol–water partition coefficient (Wildman–Crippen LogP) is 1.23. The number of aliphatic imine (C=N–C) groups is 1. The van der Waals surface area contributed by atoms with Crippen LogP contribution in [0, 0.1) is 5.92 Å². The number of nitrogens with zero attached hydrogens (tertiary/aromatic N) is 1. The lowest BCUT2D eigenvalue weighted by Gasteiger charge is -2.05. The highest BCUT2D eigenvalue weighted by Gasteiger charge is 2.13. The molecule has 0 saturated heterocycles. The molecule has 1 saturated carbocycles. The molecule has 70 valence electrons. The molecular weight excluding hydrogens is 150 g/mol. The van der Waals surface area contributed by atoms with Crippen LogP contribution >= 0.6 is 0 Å². The molecular formula is C9H19N3. The average Bonchev–Trinajstić information content (AvgIpc) is 2.49. The molecule has 0 bridgehead atoms. The fourth-order valence-corrected chi connectivity index (χ4v) is 1.89. The van der Waals surface area contributed by atoms with Gasteiger partial charge in [-0.15, -0.1) is 0 Å². The first-order valence-electron chi connectivity index (χ1n) is 4.84. The van der Waals surface area contributed by atoms with Crippen LogP contribution in [-0.4, -0.2) is 12.5 Å². The van der Waals surface area contributed by atoms with Gasteiger partial charge in [0.25, 0.3) is 0 Å². The summed E-state index contributed by atoms with van der Waals surface area (Å²) in [6.07, 6.45) is 8.13. The van der Waals surface area contributed by atoms with Gasteiger partial charge in [0.2, 0.25) is 0 Å². The Bertz CT molecular complexity index is 144. The first-order valence-corrected chi connectivity index (χ1v) is 4.84. The molecule has 0 aromatic rings. The third-order valence-corrected chi connectivity index (χ3v) is 2.54. The molecule has 0 aromatic heterocycles. The lowest BCUT2D eigenvalue weighted by Crippen LogP contribution is -2.23. The molecule has 0 amide bonds. The lowest BCUT2D eigenvalue weighted by molar-refractivity contribution is 0.488. The van der Waals surface area contributed by atoms with Crippen molar-refractivity contribution in [1.29, 1.82) is 0 Å². The van der Waals surface area contributed by atoms with Gasteiger partial charge in [0.15, 0.2) is 5.96 Å². The van der Waals surface area contributed by atoms with Crippen molar-refractivity contribution in [3.05, 3.63) is 0 Å². The van der Waals surface area contributed by atoms with Crippen LogP contribution in [0.4, 0.5) is 0 Å². The number of guanidine groups is 1. The highest BCUT2D eigenvalue weighted by Crippen LogP contribution is 2.28. The number of rotatable bonds is 4. The van der Waals surface area contributed by atoms with Crippen molar-refractivity contribution in [3.63, 3.8) is 0 Å². The second-order valence-corrected chi connectivity index (χ2v) is 3.60. The van der Waals surface area contributed by atoms with E-state index in [9.17, 15) is 0 Å². The number of nitrogens with two attached hydrogens (primary N) is 2. The summed E-state index contributed by atoms with van der Waals surface area (Å²) in [5.41, 5.74) is 10.4. The molecule has 1 fully saturated rings. The largest absolute Gasteiger partial charge is 0.370 e. The Kier molecular flexibility index (Phi) is 3.91. The van der Waals surface area contributed by atoms with Crippen LogP contribution in [0.2, 0.25) is 0 Å². The monoisotopic (exact) mass is 169 g/mol. The van der Waals surface area contributed by atoms with E-state index < -0.39 is 0 Å². The molecule has 0 heterocycles. The Morgan fingerprint density at radius 2 is 1.92 bits per heavy atom. The summed E-state index contributed by atoms with van der Waals surface area (Å²) in [6.45, 7) is 0.804. The lowest BCUT2D eigenvalue weighted by atomic mass is 10.0. The van der Waals surface area contributed by atoms with Crippen LogP contribution < -0.4 is 11.5 Å². The topological polar surface area (TPSA) is 64.4 Å². The Morgan fingerprint density at radius 1 is 1.25 bits per heavy atom. The minimum atomic E-state index is 0.224. The predicted molar refractivity (Wildman–Crippen MR) is 51.9 cm³/mol. The quantitative estimate of drug-likeness (QED) is 0.377. The van der Waals surface area contributed by atoms with Crippen molar-refractivity contribution >= 4 is 5.96 Å². The minimum Gasteiger partial charge on any atom is -0.370 e. The molecule has 12 heavy (non-hydrogen) atoms. The molecule has 3 nitrogen and oxygen atoms in total. The van der Waals surface area contributed by atoms with E-state index >= 15 is 0 Å². The second-order valence-electron chi connectivity index (χ2n) is 3.60. The second kappa shape index (κ2) is 5.01. The fourth-order valence-electron chi connectivity index (χ4n) is 1.89. The first kappa shape index (κ1) is 9.36. The van der Waals surface area contributed by atoms with Gasteiger partial charge in [-0.25, -0.2) is 0 Å². The Labute approximate surface area is 74.2 Å². The van der Waals surface area contributed by atoms with Crippen LogP contribution in [0.1, 0.15) is 38.5 Å². The van der Waals surface area contributed by atoms with Gasteiger partial charge in [-0.05, 0) is 18.8 Å². The van der Waals surface area contributed by atoms with Crippen molar-refractivity contribution in [3.8, 4) is 0 Å². The molecule has 0 radical (unpaired) electrons. The van der Waals surface area contributed by atoms with Gasteiger partial charge >= 0.3 is 0 Å². The van der Waals surface area contributed by atoms with Crippen LogP contribution in [0.3, 0.4) is 0 Å². The maximum absolute atomic E-state index is 5.21. The summed E-state index contributed by atoms with van der Waals surface area (Å²) < 4.78 is 0. The van der Waals surface area contributed by atoms with Crippen molar-refractivity contribution in [2.45, 2.75) is 38.5 Å². The maximum Gasteiger partial charge on any atom is 0.185 e. The standard InChI is InChI=1S/C9H19N3/c10-9(11)12-7-3-6-8-4-1-2-5-8/h8H,1-7H2,(H4,10,11,12). The van der Waals surface area contributed by atoms with Crippen molar-refractivity contribution in [2.75, 3.05) is 6.54 Å². The summed E-state index contributed by atoms with van der Waals surface area (Å²) in [7, 11) is 0. The summed E-state index contributed by atoms with van der Waals surface area (Å²) >= 11 is 0. The van der Waals surface area contributed by atoms with E-state index in [1.165, 1.54) is 32.1 Å². The highest BCUT2D eigenvalue weighted by atomic mass is 15.0. The van der Waals surface area contributed by atoms with Crippen molar-refractivity contribution < 1.29 is 0 Å². The molecule has 3 heteroatoms. The van der Waals surface area contributed by atoms with Gasteiger partial charge in [-0.2, -0.15) is 0 Å². The van der Waals surface area contributed by atoms with E-state index in [4.69, 9.17) is 11.5 Å². The van der Waals surface area contributed by atoms with Gasteiger partial charge in [-0.3, -0.25) is 4.99 Å². The summed E-state index contributed by atoms with van der Waals surface area (Å²) in [6, 6.07) is 0. The number of hydrogen-bond acceptors (Lipinski definition) is 1. The fraction of sp³-hybridized carbons (Fsp3) is 0.889. The van der Waals surface area contributed by atoms with E-state index in [2.05, 4.69) is 4.99 Å². The SMILES string of the molecule is NC(N)=NCCCC1CCCC1. The summed E-state index contributed by atoms with van der Waals surface area (Å²) in [4.78, 5) is 3.96. The van der Waals surface area contributed by atoms with Crippen LogP contribution in [0.25, 0.3) is 0 Å². The Balaban J connectivity index is 1.98. The van der Waals surface area contributed by atoms with Crippen LogP contribution in [-0.2, 0) is 0 Å². The zero-order valence-corrected chi connectivity index (χ0v) is 7.63. The van der Waals surface area contributed by atoms with Gasteiger partial charge < -0.3 is 11.5 Å². The summed E-state index contributed by atoms with van der Waals surface area (Å²) in [5, 5.41) is 0. The zero-order chi connectivity index (χ0) is 8.81. The van der Waals surface area contributed by atoms with Crippen LogP contribution in [0.15, 0.2) is 4.99 Å².